The molecule has 1 N–H and O–H groups in total. The Bertz CT molecular complexity index is 589. The van der Waals surface area contributed by atoms with Crippen molar-refractivity contribution >= 4 is 29.2 Å². The Labute approximate surface area is 135 Å². The van der Waals surface area contributed by atoms with Gasteiger partial charge >= 0.3 is 0 Å². The lowest BCUT2D eigenvalue weighted by Gasteiger charge is -2.09. The number of nitrogens with zero attached hydrogens (tertiary/aromatic N) is 2. The van der Waals surface area contributed by atoms with Crippen LogP contribution in [0.3, 0.4) is 0 Å². The van der Waals surface area contributed by atoms with Gasteiger partial charge < -0.3 is 5.32 Å². The fourth-order valence-corrected chi connectivity index (χ4v) is 2.95. The van der Waals surface area contributed by atoms with Crippen LogP contribution in [0.1, 0.15) is 32.5 Å². The lowest BCUT2D eigenvalue weighted by atomic mass is 10.3. The van der Waals surface area contributed by atoms with E-state index in [4.69, 9.17) is 11.6 Å². The summed E-state index contributed by atoms with van der Waals surface area (Å²) < 4.78 is 0. The molecule has 0 aliphatic carbocycles. The second kappa shape index (κ2) is 8.25. The lowest BCUT2D eigenvalue weighted by Crippen LogP contribution is -2.05. The molecule has 112 valence electrons. The summed E-state index contributed by atoms with van der Waals surface area (Å²) in [5.41, 5.74) is 0. The van der Waals surface area contributed by atoms with Crippen molar-refractivity contribution in [2.24, 2.45) is 0 Å². The molecule has 0 aliphatic rings. The van der Waals surface area contributed by atoms with Gasteiger partial charge in [-0.05, 0) is 25.0 Å². The zero-order chi connectivity index (χ0) is 15.1. The summed E-state index contributed by atoms with van der Waals surface area (Å²) in [5, 5.41) is 5.02. The molecule has 1 heterocycles. The van der Waals surface area contributed by atoms with Crippen LogP contribution in [0.5, 0.6) is 0 Å². The number of benzene rings is 1. The number of hydrogen-bond acceptors (Lipinski definition) is 4. The number of anilines is 1. The summed E-state index contributed by atoms with van der Waals surface area (Å²) in [6.07, 6.45) is 2.99. The summed E-state index contributed by atoms with van der Waals surface area (Å²) in [6.45, 7) is 5.19. The standard InChI is InChI=1S/C16H20ClN3S/c1-3-7-14-19-15(18-10-4-2)11-16(20-14)21-13-9-6-5-8-12(13)17/h5-6,8-9,11H,3-4,7,10H2,1-2H3,(H,18,19,20). The second-order valence-electron chi connectivity index (χ2n) is 4.72. The molecule has 1 aromatic carbocycles. The molecular weight excluding hydrogens is 302 g/mol. The van der Waals surface area contributed by atoms with E-state index in [1.54, 1.807) is 11.8 Å². The predicted octanol–water partition coefficient (Wildman–Crippen LogP) is 5.06. The summed E-state index contributed by atoms with van der Waals surface area (Å²) in [7, 11) is 0. The van der Waals surface area contributed by atoms with E-state index in [0.717, 1.165) is 52.4 Å². The lowest BCUT2D eigenvalue weighted by molar-refractivity contribution is 0.807. The molecule has 0 atom stereocenters. The molecule has 3 nitrogen and oxygen atoms in total. The van der Waals surface area contributed by atoms with Crippen molar-refractivity contribution in [3.63, 3.8) is 0 Å². The van der Waals surface area contributed by atoms with E-state index in [1.807, 2.05) is 30.3 Å². The average molecular weight is 322 g/mol. The number of nitrogens with one attached hydrogen (secondary N) is 1. The van der Waals surface area contributed by atoms with Gasteiger partial charge in [-0.1, -0.05) is 49.3 Å². The van der Waals surface area contributed by atoms with Crippen LogP contribution in [0.4, 0.5) is 5.82 Å². The molecule has 5 heteroatoms. The number of rotatable bonds is 7. The van der Waals surface area contributed by atoms with Gasteiger partial charge in [0.1, 0.15) is 16.7 Å². The van der Waals surface area contributed by atoms with Crippen molar-refractivity contribution < 1.29 is 0 Å². The van der Waals surface area contributed by atoms with Crippen molar-refractivity contribution in [2.75, 3.05) is 11.9 Å². The van der Waals surface area contributed by atoms with Crippen LogP contribution in [0.15, 0.2) is 40.3 Å². The maximum atomic E-state index is 6.22. The Morgan fingerprint density at radius 3 is 2.67 bits per heavy atom. The number of halogens is 1. The molecule has 0 spiro atoms. The van der Waals surface area contributed by atoms with Gasteiger partial charge in [-0.3, -0.25) is 0 Å². The molecule has 0 radical (unpaired) electrons. The fraction of sp³-hybridized carbons (Fsp3) is 0.375. The van der Waals surface area contributed by atoms with Gasteiger partial charge in [0.05, 0.1) is 5.02 Å². The van der Waals surface area contributed by atoms with E-state index in [-0.39, 0.29) is 0 Å². The third-order valence-corrected chi connectivity index (χ3v) is 4.27. The molecule has 21 heavy (non-hydrogen) atoms. The first-order chi connectivity index (χ1) is 10.2. The van der Waals surface area contributed by atoms with E-state index in [9.17, 15) is 0 Å². The van der Waals surface area contributed by atoms with Crippen LogP contribution in [-0.4, -0.2) is 16.5 Å². The van der Waals surface area contributed by atoms with Gasteiger partial charge in [-0.2, -0.15) is 0 Å². The minimum absolute atomic E-state index is 0.751. The molecule has 0 aliphatic heterocycles. The molecular formula is C16H20ClN3S. The molecule has 0 saturated heterocycles. The SMILES string of the molecule is CCCNc1cc(Sc2ccccc2Cl)nc(CCC)n1. The molecule has 1 aromatic heterocycles. The molecule has 2 rings (SSSR count). The van der Waals surface area contributed by atoms with Crippen molar-refractivity contribution in [3.8, 4) is 0 Å². The number of aryl methyl sites for hydroxylation is 1. The summed E-state index contributed by atoms with van der Waals surface area (Å²) >= 11 is 7.80. The quantitative estimate of drug-likeness (QED) is 0.724. The average Bonchev–Trinajstić information content (AvgIpc) is 2.48. The first kappa shape index (κ1) is 16.1. The smallest absolute Gasteiger partial charge is 0.132 e. The highest BCUT2D eigenvalue weighted by molar-refractivity contribution is 7.99. The van der Waals surface area contributed by atoms with Crippen LogP contribution >= 0.6 is 23.4 Å². The van der Waals surface area contributed by atoms with Crippen LogP contribution in [0.2, 0.25) is 5.02 Å². The zero-order valence-corrected chi connectivity index (χ0v) is 14.0. The van der Waals surface area contributed by atoms with Crippen LogP contribution in [0, 0.1) is 0 Å². The van der Waals surface area contributed by atoms with Crippen LogP contribution in [-0.2, 0) is 6.42 Å². The highest BCUT2D eigenvalue weighted by atomic mass is 35.5. The predicted molar refractivity (Wildman–Crippen MR) is 90.4 cm³/mol. The fourth-order valence-electron chi connectivity index (χ4n) is 1.84. The maximum absolute atomic E-state index is 6.22. The van der Waals surface area contributed by atoms with E-state index < -0.39 is 0 Å². The Hall–Kier alpha value is -1.26. The van der Waals surface area contributed by atoms with Gasteiger partial charge in [0.2, 0.25) is 0 Å². The molecule has 0 bridgehead atoms. The van der Waals surface area contributed by atoms with Gasteiger partial charge in [0.25, 0.3) is 0 Å². The summed E-state index contributed by atoms with van der Waals surface area (Å²) in [6, 6.07) is 9.81. The van der Waals surface area contributed by atoms with E-state index >= 15 is 0 Å². The highest BCUT2D eigenvalue weighted by Crippen LogP contribution is 2.32. The molecule has 0 unspecified atom stereocenters. The minimum atomic E-state index is 0.751. The third kappa shape index (κ3) is 4.90. The highest BCUT2D eigenvalue weighted by Gasteiger charge is 2.08. The number of hydrogen-bond donors (Lipinski definition) is 1. The van der Waals surface area contributed by atoms with Gasteiger partial charge in [0, 0.05) is 23.9 Å². The topological polar surface area (TPSA) is 37.8 Å². The van der Waals surface area contributed by atoms with Crippen molar-refractivity contribution in [3.05, 3.63) is 41.2 Å². The Balaban J connectivity index is 2.24. The van der Waals surface area contributed by atoms with E-state index in [0.29, 0.717) is 0 Å². The third-order valence-electron chi connectivity index (χ3n) is 2.83. The van der Waals surface area contributed by atoms with Crippen LogP contribution in [0.25, 0.3) is 0 Å². The monoisotopic (exact) mass is 321 g/mol. The first-order valence-corrected chi connectivity index (χ1v) is 8.46. The van der Waals surface area contributed by atoms with Crippen molar-refractivity contribution in [2.45, 2.75) is 43.0 Å². The maximum Gasteiger partial charge on any atom is 0.132 e. The molecule has 0 fully saturated rings. The molecule has 0 saturated carbocycles. The van der Waals surface area contributed by atoms with E-state index in [1.165, 1.54) is 0 Å². The normalized spacial score (nSPS) is 10.6. The van der Waals surface area contributed by atoms with Crippen molar-refractivity contribution in [1.29, 1.82) is 0 Å². The van der Waals surface area contributed by atoms with Gasteiger partial charge in [-0.15, -0.1) is 0 Å². The summed E-state index contributed by atoms with van der Waals surface area (Å²) in [5.74, 6) is 1.78. The minimum Gasteiger partial charge on any atom is -0.370 e. The molecule has 0 amide bonds. The van der Waals surface area contributed by atoms with E-state index in [2.05, 4.69) is 29.1 Å². The largest absolute Gasteiger partial charge is 0.370 e. The molecule has 2 aromatic rings. The first-order valence-electron chi connectivity index (χ1n) is 7.27. The zero-order valence-electron chi connectivity index (χ0n) is 12.4. The Morgan fingerprint density at radius 1 is 1.14 bits per heavy atom. The van der Waals surface area contributed by atoms with Crippen LogP contribution < -0.4 is 5.32 Å². The summed E-state index contributed by atoms with van der Waals surface area (Å²) in [4.78, 5) is 10.2. The second-order valence-corrected chi connectivity index (χ2v) is 6.19. The van der Waals surface area contributed by atoms with Gasteiger partial charge in [-0.25, -0.2) is 9.97 Å². The Kier molecular flexibility index (Phi) is 6.33. The Morgan fingerprint density at radius 2 is 1.95 bits per heavy atom. The van der Waals surface area contributed by atoms with Gasteiger partial charge in [0.15, 0.2) is 0 Å². The number of aromatic nitrogens is 2. The van der Waals surface area contributed by atoms with Crippen molar-refractivity contribution in [1.82, 2.24) is 9.97 Å².